The molecule has 0 aliphatic carbocycles. The molecule has 2 aromatic rings. The van der Waals surface area contributed by atoms with Crippen LogP contribution >= 0.6 is 0 Å². The largest absolute Gasteiger partial charge is 0.493 e. The molecule has 1 saturated heterocycles. The number of rotatable bonds is 7. The first kappa shape index (κ1) is 20.9. The van der Waals surface area contributed by atoms with Crippen LogP contribution in [-0.4, -0.2) is 39.4 Å². The lowest BCUT2D eigenvalue weighted by Crippen LogP contribution is -2.46. The van der Waals surface area contributed by atoms with Gasteiger partial charge in [-0.05, 0) is 42.3 Å². The summed E-state index contributed by atoms with van der Waals surface area (Å²) >= 11 is 0. The smallest absolute Gasteiger partial charge is 0.225 e. The first-order chi connectivity index (χ1) is 14.0. The monoisotopic (exact) mass is 403 g/mol. The third-order valence-corrected chi connectivity index (χ3v) is 5.03. The number of carbonyl (C=O) groups is 1. The Morgan fingerprint density at radius 2 is 1.66 bits per heavy atom. The highest BCUT2D eigenvalue weighted by Gasteiger charge is 2.36. The van der Waals surface area contributed by atoms with Gasteiger partial charge < -0.3 is 19.5 Å². The standard InChI is InChI=1S/C21H26FN3O4/c1-12-19(14-10-16(27-2)20(29-4)17(11-14)28-3)21(25-24-12)23-18(26)9-13-5-7-15(22)8-6-13/h5-8,10-12,19,21,24-25H,9H2,1-4H3,(H,23,26). The van der Waals surface area contributed by atoms with Crippen LogP contribution in [0.5, 0.6) is 17.2 Å². The van der Waals surface area contributed by atoms with E-state index in [9.17, 15) is 9.18 Å². The van der Waals surface area contributed by atoms with Crippen molar-refractivity contribution in [2.75, 3.05) is 21.3 Å². The number of methoxy groups -OCH3 is 3. The van der Waals surface area contributed by atoms with Gasteiger partial charge in [0.25, 0.3) is 0 Å². The summed E-state index contributed by atoms with van der Waals surface area (Å²) in [5.74, 6) is 1.05. The molecule has 3 atom stereocenters. The van der Waals surface area contributed by atoms with Crippen LogP contribution in [0.2, 0.25) is 0 Å². The number of amides is 1. The van der Waals surface area contributed by atoms with E-state index in [1.165, 1.54) is 12.1 Å². The molecule has 1 aliphatic rings. The number of hydrogen-bond acceptors (Lipinski definition) is 6. The maximum atomic E-state index is 13.1. The molecule has 156 valence electrons. The van der Waals surface area contributed by atoms with E-state index in [4.69, 9.17) is 14.2 Å². The maximum absolute atomic E-state index is 13.1. The number of hydrazine groups is 1. The van der Waals surface area contributed by atoms with Gasteiger partial charge in [0.2, 0.25) is 11.7 Å². The number of benzene rings is 2. The van der Waals surface area contributed by atoms with Gasteiger partial charge in [-0.3, -0.25) is 10.2 Å². The second kappa shape index (κ2) is 9.11. The van der Waals surface area contributed by atoms with Crippen molar-refractivity contribution in [3.8, 4) is 17.2 Å². The lowest BCUT2D eigenvalue weighted by Gasteiger charge is -2.24. The van der Waals surface area contributed by atoms with Crippen LogP contribution in [0.3, 0.4) is 0 Å². The van der Waals surface area contributed by atoms with Crippen LogP contribution in [0.4, 0.5) is 4.39 Å². The molecule has 1 aliphatic heterocycles. The molecule has 29 heavy (non-hydrogen) atoms. The molecule has 0 bridgehead atoms. The van der Waals surface area contributed by atoms with E-state index in [0.717, 1.165) is 11.1 Å². The highest BCUT2D eigenvalue weighted by atomic mass is 19.1. The van der Waals surface area contributed by atoms with E-state index in [0.29, 0.717) is 17.2 Å². The lowest BCUT2D eigenvalue weighted by molar-refractivity contribution is -0.121. The number of ether oxygens (including phenoxy) is 3. The Kier molecular flexibility index (Phi) is 6.56. The summed E-state index contributed by atoms with van der Waals surface area (Å²) in [6.07, 6.45) is -0.185. The first-order valence-corrected chi connectivity index (χ1v) is 9.31. The molecule has 3 rings (SSSR count). The van der Waals surface area contributed by atoms with Gasteiger partial charge in [0, 0.05) is 12.0 Å². The van der Waals surface area contributed by atoms with Crippen molar-refractivity contribution in [3.05, 3.63) is 53.3 Å². The summed E-state index contributed by atoms with van der Waals surface area (Å²) in [5.41, 5.74) is 7.97. The van der Waals surface area contributed by atoms with Crippen LogP contribution in [0.25, 0.3) is 0 Å². The summed E-state index contributed by atoms with van der Waals surface area (Å²) in [7, 11) is 4.69. The van der Waals surface area contributed by atoms with Crippen molar-refractivity contribution in [3.63, 3.8) is 0 Å². The van der Waals surface area contributed by atoms with Crippen molar-refractivity contribution in [2.45, 2.75) is 31.5 Å². The van der Waals surface area contributed by atoms with E-state index in [1.807, 2.05) is 19.1 Å². The quantitative estimate of drug-likeness (QED) is 0.657. The average Bonchev–Trinajstić information content (AvgIpc) is 3.08. The Morgan fingerprint density at radius 3 is 2.21 bits per heavy atom. The Hall–Kier alpha value is -2.84. The molecule has 1 heterocycles. The maximum Gasteiger partial charge on any atom is 0.225 e. The zero-order chi connectivity index (χ0) is 21.0. The van der Waals surface area contributed by atoms with Crippen molar-refractivity contribution in [1.29, 1.82) is 0 Å². The van der Waals surface area contributed by atoms with Crippen molar-refractivity contribution < 1.29 is 23.4 Å². The summed E-state index contributed by atoms with van der Waals surface area (Å²) in [5, 5.41) is 3.01. The van der Waals surface area contributed by atoms with E-state index in [-0.39, 0.29) is 36.3 Å². The number of nitrogens with one attached hydrogen (secondary N) is 3. The molecule has 0 saturated carbocycles. The average molecular weight is 403 g/mol. The molecule has 1 fully saturated rings. The highest BCUT2D eigenvalue weighted by molar-refractivity contribution is 5.79. The minimum Gasteiger partial charge on any atom is -0.493 e. The SMILES string of the molecule is COc1cc(C2C(C)NNC2NC(=O)Cc2ccc(F)cc2)cc(OC)c1OC. The molecular weight excluding hydrogens is 377 g/mol. The fourth-order valence-corrected chi connectivity index (χ4v) is 3.60. The van der Waals surface area contributed by atoms with Crippen LogP contribution < -0.4 is 30.4 Å². The molecule has 3 N–H and O–H groups in total. The van der Waals surface area contributed by atoms with Crippen LogP contribution in [0.1, 0.15) is 24.0 Å². The highest BCUT2D eigenvalue weighted by Crippen LogP contribution is 2.41. The zero-order valence-corrected chi connectivity index (χ0v) is 16.9. The molecule has 8 heteroatoms. The van der Waals surface area contributed by atoms with Gasteiger partial charge >= 0.3 is 0 Å². The number of halogens is 1. The van der Waals surface area contributed by atoms with E-state index in [1.54, 1.807) is 33.5 Å². The molecule has 2 aromatic carbocycles. The Labute approximate surface area is 169 Å². The van der Waals surface area contributed by atoms with Gasteiger partial charge in [-0.1, -0.05) is 12.1 Å². The van der Waals surface area contributed by atoms with E-state index in [2.05, 4.69) is 16.2 Å². The molecule has 3 unspecified atom stereocenters. The van der Waals surface area contributed by atoms with Crippen molar-refractivity contribution in [1.82, 2.24) is 16.2 Å². The van der Waals surface area contributed by atoms with Crippen molar-refractivity contribution >= 4 is 5.91 Å². The predicted molar refractivity (Wildman–Crippen MR) is 107 cm³/mol. The second-order valence-electron chi connectivity index (χ2n) is 6.91. The molecule has 7 nitrogen and oxygen atoms in total. The van der Waals surface area contributed by atoms with Crippen LogP contribution in [0, 0.1) is 5.82 Å². The molecule has 0 radical (unpaired) electrons. The lowest BCUT2D eigenvalue weighted by atomic mass is 9.90. The van der Waals surface area contributed by atoms with Gasteiger partial charge in [0.05, 0.1) is 27.8 Å². The molecule has 1 amide bonds. The van der Waals surface area contributed by atoms with Crippen LogP contribution in [-0.2, 0) is 11.2 Å². The number of carbonyl (C=O) groups excluding carboxylic acids is 1. The minimum atomic E-state index is -0.347. The first-order valence-electron chi connectivity index (χ1n) is 9.31. The third kappa shape index (κ3) is 4.60. The Balaban J connectivity index is 1.80. The van der Waals surface area contributed by atoms with Gasteiger partial charge in [-0.2, -0.15) is 0 Å². The van der Waals surface area contributed by atoms with E-state index >= 15 is 0 Å². The summed E-state index contributed by atoms with van der Waals surface area (Å²) in [4.78, 5) is 12.5. The fraction of sp³-hybridized carbons (Fsp3) is 0.381. The predicted octanol–water partition coefficient (Wildman–Crippen LogP) is 2.12. The number of hydrogen-bond donors (Lipinski definition) is 3. The Morgan fingerprint density at radius 1 is 1.03 bits per heavy atom. The normalized spacial score (nSPS) is 20.9. The summed E-state index contributed by atoms with van der Waals surface area (Å²) < 4.78 is 29.4. The molecule has 0 aromatic heterocycles. The molecular formula is C21H26FN3O4. The Bertz CT molecular complexity index is 834. The third-order valence-electron chi connectivity index (χ3n) is 5.03. The zero-order valence-electron chi connectivity index (χ0n) is 16.9. The minimum absolute atomic E-state index is 0.0360. The van der Waals surface area contributed by atoms with E-state index < -0.39 is 0 Å². The van der Waals surface area contributed by atoms with Gasteiger partial charge in [-0.25, -0.2) is 9.82 Å². The van der Waals surface area contributed by atoms with Gasteiger partial charge in [0.1, 0.15) is 12.0 Å². The fourth-order valence-electron chi connectivity index (χ4n) is 3.60. The summed E-state index contributed by atoms with van der Waals surface area (Å²) in [6.45, 7) is 2.02. The van der Waals surface area contributed by atoms with Gasteiger partial charge in [-0.15, -0.1) is 0 Å². The molecule has 0 spiro atoms. The van der Waals surface area contributed by atoms with Crippen molar-refractivity contribution in [2.24, 2.45) is 0 Å². The second-order valence-corrected chi connectivity index (χ2v) is 6.91. The van der Waals surface area contributed by atoms with Crippen LogP contribution in [0.15, 0.2) is 36.4 Å². The van der Waals surface area contributed by atoms with Gasteiger partial charge in [0.15, 0.2) is 11.5 Å². The summed E-state index contributed by atoms with van der Waals surface area (Å²) in [6, 6.07) is 9.71. The topological polar surface area (TPSA) is 80.9 Å².